The predicted octanol–water partition coefficient (Wildman–Crippen LogP) is -2.60. The molecule has 0 bridgehead atoms. The first-order valence-corrected chi connectivity index (χ1v) is 10.1. The summed E-state index contributed by atoms with van der Waals surface area (Å²) in [5.74, 6) is -4.17. The number of rotatable bonds is 12. The SMILES string of the molecule is CC(O)[C@H](NC(=O)C(N)Cc1ccccc1)C(=O)N[C@@H](CO)C(=O)N[C@H](CS)C(=O)O. The van der Waals surface area contributed by atoms with Crippen LogP contribution in [0.3, 0.4) is 0 Å². The van der Waals surface area contributed by atoms with E-state index in [4.69, 9.17) is 10.8 Å². The van der Waals surface area contributed by atoms with Gasteiger partial charge in [0.2, 0.25) is 17.7 Å². The van der Waals surface area contributed by atoms with Crippen molar-refractivity contribution in [2.45, 2.75) is 43.6 Å². The summed E-state index contributed by atoms with van der Waals surface area (Å²) in [6, 6.07) is 3.65. The number of amides is 3. The maximum absolute atomic E-state index is 12.5. The van der Waals surface area contributed by atoms with Crippen molar-refractivity contribution >= 4 is 36.3 Å². The lowest BCUT2D eigenvalue weighted by Crippen LogP contribution is -2.60. The Hall–Kier alpha value is -2.67. The van der Waals surface area contributed by atoms with E-state index in [-0.39, 0.29) is 12.2 Å². The summed E-state index contributed by atoms with van der Waals surface area (Å²) in [5.41, 5.74) is 6.68. The maximum atomic E-state index is 12.5. The van der Waals surface area contributed by atoms with Gasteiger partial charge in [0.15, 0.2) is 0 Å². The molecule has 1 aromatic carbocycles. The molecule has 0 saturated carbocycles. The van der Waals surface area contributed by atoms with Gasteiger partial charge in [-0.15, -0.1) is 0 Å². The molecule has 1 rings (SSSR count). The number of aliphatic carboxylic acids is 1. The quantitative estimate of drug-likeness (QED) is 0.157. The van der Waals surface area contributed by atoms with Gasteiger partial charge in [0.05, 0.1) is 18.8 Å². The minimum absolute atomic E-state index is 0.197. The Morgan fingerprint density at radius 3 is 2.06 bits per heavy atom. The Morgan fingerprint density at radius 2 is 1.58 bits per heavy atom. The van der Waals surface area contributed by atoms with Gasteiger partial charge in [0, 0.05) is 5.75 Å². The Bertz CT molecular complexity index is 763. The third-order valence-electron chi connectivity index (χ3n) is 4.31. The molecular formula is C19H28N4O7S. The number of hydrogen-bond donors (Lipinski definition) is 8. The van der Waals surface area contributed by atoms with Crippen molar-refractivity contribution in [2.75, 3.05) is 12.4 Å². The molecule has 1 aromatic rings. The van der Waals surface area contributed by atoms with Crippen molar-refractivity contribution in [3.63, 3.8) is 0 Å². The summed E-state index contributed by atoms with van der Waals surface area (Å²) in [7, 11) is 0. The average molecular weight is 457 g/mol. The number of nitrogens with one attached hydrogen (secondary N) is 3. The molecule has 0 aliphatic carbocycles. The number of carbonyl (C=O) groups excluding carboxylic acids is 3. The summed E-state index contributed by atoms with van der Waals surface area (Å²) in [4.78, 5) is 48.1. The number of thiol groups is 1. The van der Waals surface area contributed by atoms with Gasteiger partial charge in [0.1, 0.15) is 18.1 Å². The summed E-state index contributed by atoms with van der Waals surface area (Å²) in [6.45, 7) is 0.410. The van der Waals surface area contributed by atoms with E-state index in [1.54, 1.807) is 24.3 Å². The average Bonchev–Trinajstić information content (AvgIpc) is 2.73. The van der Waals surface area contributed by atoms with Crippen molar-refractivity contribution in [2.24, 2.45) is 5.73 Å². The first-order chi connectivity index (χ1) is 14.6. The van der Waals surface area contributed by atoms with Crippen LogP contribution in [0.1, 0.15) is 12.5 Å². The second-order valence-corrected chi connectivity index (χ2v) is 7.21. The third kappa shape index (κ3) is 8.53. The van der Waals surface area contributed by atoms with Crippen LogP contribution in [0.4, 0.5) is 0 Å². The van der Waals surface area contributed by atoms with Gasteiger partial charge in [-0.05, 0) is 18.9 Å². The first-order valence-electron chi connectivity index (χ1n) is 9.43. The molecular weight excluding hydrogens is 428 g/mol. The molecule has 0 saturated heterocycles. The molecule has 172 valence electrons. The highest BCUT2D eigenvalue weighted by atomic mass is 32.1. The minimum atomic E-state index is -1.51. The number of carboxylic acids is 1. The summed E-state index contributed by atoms with van der Waals surface area (Å²) in [5, 5.41) is 34.9. The number of benzene rings is 1. The molecule has 0 aliphatic rings. The standard InChI is InChI=1S/C19H28N4O7S/c1-10(25)15(23-16(26)12(20)7-11-5-3-2-4-6-11)18(28)21-13(8-24)17(27)22-14(9-31)19(29)30/h2-6,10,12-15,24-25,31H,7-9,20H2,1H3,(H,21,28)(H,22,27)(H,23,26)(H,29,30)/t10?,12?,13-,14+,15-/m0/s1. The summed E-state index contributed by atoms with van der Waals surface area (Å²) < 4.78 is 0. The van der Waals surface area contributed by atoms with Gasteiger partial charge in [-0.3, -0.25) is 14.4 Å². The molecule has 0 spiro atoms. The molecule has 0 radical (unpaired) electrons. The van der Waals surface area contributed by atoms with Crippen LogP contribution in [-0.2, 0) is 25.6 Å². The zero-order valence-electron chi connectivity index (χ0n) is 16.9. The summed E-state index contributed by atoms with van der Waals surface area (Å²) >= 11 is 3.81. The number of hydrogen-bond acceptors (Lipinski definition) is 8. The largest absolute Gasteiger partial charge is 0.480 e. The van der Waals surface area contributed by atoms with Crippen molar-refractivity contribution in [3.8, 4) is 0 Å². The van der Waals surface area contributed by atoms with E-state index in [0.29, 0.717) is 0 Å². The van der Waals surface area contributed by atoms with Gasteiger partial charge >= 0.3 is 5.97 Å². The van der Waals surface area contributed by atoms with Crippen LogP contribution < -0.4 is 21.7 Å². The Kier molecular flexibility index (Phi) is 11.0. The molecule has 0 fully saturated rings. The molecule has 0 aromatic heterocycles. The fraction of sp³-hybridized carbons (Fsp3) is 0.474. The molecule has 5 atom stereocenters. The minimum Gasteiger partial charge on any atom is -0.480 e. The molecule has 12 heteroatoms. The molecule has 31 heavy (non-hydrogen) atoms. The molecule has 0 aliphatic heterocycles. The number of aliphatic hydroxyl groups is 2. The van der Waals surface area contributed by atoms with Crippen molar-refractivity contribution in [1.82, 2.24) is 16.0 Å². The topological polar surface area (TPSA) is 191 Å². The van der Waals surface area contributed by atoms with Crippen LogP contribution in [0.15, 0.2) is 30.3 Å². The van der Waals surface area contributed by atoms with Crippen molar-refractivity contribution in [3.05, 3.63) is 35.9 Å². The van der Waals surface area contributed by atoms with Gasteiger partial charge in [-0.2, -0.15) is 12.6 Å². The Labute approximate surface area is 184 Å². The summed E-state index contributed by atoms with van der Waals surface area (Å²) in [6.07, 6.45) is -1.15. The lowest BCUT2D eigenvalue weighted by molar-refractivity contribution is -0.142. The smallest absolute Gasteiger partial charge is 0.327 e. The lowest BCUT2D eigenvalue weighted by Gasteiger charge is -2.25. The second kappa shape index (κ2) is 12.9. The highest BCUT2D eigenvalue weighted by Gasteiger charge is 2.32. The van der Waals surface area contributed by atoms with Crippen LogP contribution in [0, 0.1) is 0 Å². The fourth-order valence-corrected chi connectivity index (χ4v) is 2.79. The molecule has 11 nitrogen and oxygen atoms in total. The molecule has 8 N–H and O–H groups in total. The van der Waals surface area contributed by atoms with E-state index in [2.05, 4.69) is 28.6 Å². The second-order valence-electron chi connectivity index (χ2n) is 6.85. The van der Waals surface area contributed by atoms with E-state index in [9.17, 15) is 29.4 Å². The molecule has 3 amide bonds. The fourth-order valence-electron chi connectivity index (χ4n) is 2.54. The molecule has 0 heterocycles. The van der Waals surface area contributed by atoms with Crippen LogP contribution in [0.2, 0.25) is 0 Å². The number of aliphatic hydroxyl groups excluding tert-OH is 2. The van der Waals surface area contributed by atoms with E-state index in [1.807, 2.05) is 6.07 Å². The van der Waals surface area contributed by atoms with Gasteiger partial charge in [0.25, 0.3) is 0 Å². The predicted molar refractivity (Wildman–Crippen MR) is 114 cm³/mol. The Morgan fingerprint density at radius 1 is 1.00 bits per heavy atom. The van der Waals surface area contributed by atoms with Crippen molar-refractivity contribution < 1.29 is 34.5 Å². The van der Waals surface area contributed by atoms with E-state index < -0.39 is 60.6 Å². The zero-order chi connectivity index (χ0) is 23.6. The normalized spacial score (nSPS) is 15.6. The van der Waals surface area contributed by atoms with Crippen LogP contribution in [-0.4, -0.2) is 81.6 Å². The van der Waals surface area contributed by atoms with Gasteiger partial charge < -0.3 is 37.0 Å². The maximum Gasteiger partial charge on any atom is 0.327 e. The van der Waals surface area contributed by atoms with E-state index in [1.165, 1.54) is 6.92 Å². The third-order valence-corrected chi connectivity index (χ3v) is 4.68. The van der Waals surface area contributed by atoms with E-state index >= 15 is 0 Å². The van der Waals surface area contributed by atoms with Crippen LogP contribution in [0.5, 0.6) is 0 Å². The lowest BCUT2D eigenvalue weighted by atomic mass is 10.0. The van der Waals surface area contributed by atoms with Gasteiger partial charge in [-0.1, -0.05) is 30.3 Å². The van der Waals surface area contributed by atoms with Gasteiger partial charge in [-0.25, -0.2) is 4.79 Å². The highest BCUT2D eigenvalue weighted by molar-refractivity contribution is 7.80. The first kappa shape index (κ1) is 26.4. The molecule has 2 unspecified atom stereocenters. The highest BCUT2D eigenvalue weighted by Crippen LogP contribution is 2.03. The van der Waals surface area contributed by atoms with Crippen molar-refractivity contribution in [1.29, 1.82) is 0 Å². The zero-order valence-corrected chi connectivity index (χ0v) is 17.8. The van der Waals surface area contributed by atoms with Crippen LogP contribution >= 0.6 is 12.6 Å². The number of nitrogens with two attached hydrogens (primary N) is 1. The number of carboxylic acid groups (broad SMARTS) is 1. The van der Waals surface area contributed by atoms with E-state index in [0.717, 1.165) is 5.56 Å². The van der Waals surface area contributed by atoms with Crippen LogP contribution in [0.25, 0.3) is 0 Å². The number of carbonyl (C=O) groups is 4. The Balaban J connectivity index is 2.77. The monoisotopic (exact) mass is 456 g/mol.